The first kappa shape index (κ1) is 86.5. The molecule has 0 aliphatic carbocycles. The van der Waals surface area contributed by atoms with Crippen molar-refractivity contribution in [2.45, 2.75) is 343 Å². The average molecular weight is 1310 g/mol. The van der Waals surface area contributed by atoms with Crippen LogP contribution in [0.1, 0.15) is 325 Å². The zero-order chi connectivity index (χ0) is 65.9. The van der Waals surface area contributed by atoms with Gasteiger partial charge in [-0.3, -0.25) is 37.3 Å². The number of hydrogen-bond acceptors (Lipinski definition) is 15. The molecule has 0 heterocycles. The molecule has 0 amide bonds. The zero-order valence-corrected chi connectivity index (χ0v) is 59.2. The number of carbonyl (C=O) groups is 4. The monoisotopic (exact) mass is 1310 g/mol. The highest BCUT2D eigenvalue weighted by Gasteiger charge is 2.30. The molecule has 0 spiro atoms. The van der Waals surface area contributed by atoms with Crippen LogP contribution >= 0.6 is 15.6 Å². The lowest BCUT2D eigenvalue weighted by atomic mass is 10.00. The fourth-order valence-electron chi connectivity index (χ4n) is 9.97. The molecule has 0 fully saturated rings. The highest BCUT2D eigenvalue weighted by molar-refractivity contribution is 7.47. The Labute approximate surface area is 542 Å². The van der Waals surface area contributed by atoms with E-state index in [-0.39, 0.29) is 25.7 Å². The van der Waals surface area contributed by atoms with Crippen LogP contribution in [-0.4, -0.2) is 96.7 Å². The minimum Gasteiger partial charge on any atom is -0.462 e. The fraction of sp³-hybridized carbons (Fsp3) is 0.886. The van der Waals surface area contributed by atoms with Gasteiger partial charge in [0.1, 0.15) is 19.3 Å². The van der Waals surface area contributed by atoms with Gasteiger partial charge in [-0.15, -0.1) is 0 Å². The van der Waals surface area contributed by atoms with Crippen LogP contribution in [0.5, 0.6) is 0 Å². The maximum absolute atomic E-state index is 13.0. The number of allylic oxidation sites excluding steroid dienone is 4. The second-order valence-electron chi connectivity index (χ2n) is 25.8. The third-order valence-electron chi connectivity index (χ3n) is 15.9. The van der Waals surface area contributed by atoms with E-state index in [0.29, 0.717) is 25.7 Å². The summed E-state index contributed by atoms with van der Waals surface area (Å²) in [5.74, 6) is 0.0436. The lowest BCUT2D eigenvalue weighted by Gasteiger charge is -2.21. The molecule has 0 radical (unpaired) electrons. The van der Waals surface area contributed by atoms with Gasteiger partial charge in [-0.25, -0.2) is 9.13 Å². The Morgan fingerprint density at radius 1 is 0.371 bits per heavy atom. The molecule has 89 heavy (non-hydrogen) atoms. The lowest BCUT2D eigenvalue weighted by molar-refractivity contribution is -0.161. The molecule has 0 aliphatic heterocycles. The quantitative estimate of drug-likeness (QED) is 0.0169. The van der Waals surface area contributed by atoms with Gasteiger partial charge in [0, 0.05) is 25.7 Å². The Morgan fingerprint density at radius 3 is 1.00 bits per heavy atom. The molecule has 6 atom stereocenters. The fourth-order valence-corrected chi connectivity index (χ4v) is 11.5. The number of phosphoric acid groups is 2. The van der Waals surface area contributed by atoms with Gasteiger partial charge in [0.15, 0.2) is 12.2 Å². The topological polar surface area (TPSA) is 237 Å². The van der Waals surface area contributed by atoms with Crippen LogP contribution in [0.25, 0.3) is 0 Å². The molecule has 0 saturated carbocycles. The van der Waals surface area contributed by atoms with Crippen molar-refractivity contribution < 1.29 is 80.2 Å². The molecule has 0 aliphatic rings. The predicted octanol–water partition coefficient (Wildman–Crippen LogP) is 19.4. The third kappa shape index (κ3) is 62.7. The van der Waals surface area contributed by atoms with E-state index in [2.05, 4.69) is 72.8 Å². The number of unbranched alkanes of at least 4 members (excludes halogenated alkanes) is 30. The number of esters is 4. The van der Waals surface area contributed by atoms with E-state index < -0.39 is 97.5 Å². The summed E-state index contributed by atoms with van der Waals surface area (Å²) in [7, 11) is -9.91. The van der Waals surface area contributed by atoms with E-state index in [9.17, 15) is 43.2 Å². The normalized spacial score (nSPS) is 14.7. The molecule has 0 saturated heterocycles. The van der Waals surface area contributed by atoms with Crippen molar-refractivity contribution >= 4 is 39.5 Å². The molecular weight excluding hydrogens is 1170 g/mol. The van der Waals surface area contributed by atoms with Crippen LogP contribution in [0.15, 0.2) is 24.3 Å². The van der Waals surface area contributed by atoms with Crippen molar-refractivity contribution in [3.63, 3.8) is 0 Å². The maximum Gasteiger partial charge on any atom is 0.472 e. The molecule has 17 nitrogen and oxygen atoms in total. The van der Waals surface area contributed by atoms with Gasteiger partial charge in [0.2, 0.25) is 0 Å². The molecule has 3 N–H and O–H groups in total. The predicted molar refractivity (Wildman–Crippen MR) is 358 cm³/mol. The van der Waals surface area contributed by atoms with Crippen LogP contribution in [0.2, 0.25) is 0 Å². The van der Waals surface area contributed by atoms with E-state index in [4.69, 9.17) is 37.0 Å². The second-order valence-corrected chi connectivity index (χ2v) is 28.7. The van der Waals surface area contributed by atoms with Gasteiger partial charge in [-0.1, -0.05) is 272 Å². The minimum absolute atomic E-state index is 0.0839. The van der Waals surface area contributed by atoms with Crippen molar-refractivity contribution in [3.05, 3.63) is 24.3 Å². The number of rotatable bonds is 66. The van der Waals surface area contributed by atoms with E-state index >= 15 is 0 Å². The van der Waals surface area contributed by atoms with Crippen molar-refractivity contribution in [1.82, 2.24) is 0 Å². The summed E-state index contributed by atoms with van der Waals surface area (Å²) in [5.41, 5.74) is 0. The third-order valence-corrected chi connectivity index (χ3v) is 17.8. The second kappa shape index (κ2) is 60.5. The van der Waals surface area contributed by atoms with Crippen molar-refractivity contribution in [3.8, 4) is 0 Å². The van der Waals surface area contributed by atoms with Gasteiger partial charge in [0.05, 0.1) is 26.4 Å². The average Bonchev–Trinajstić information content (AvgIpc) is 3.51. The number of aliphatic hydroxyl groups excluding tert-OH is 1. The van der Waals surface area contributed by atoms with Crippen LogP contribution in [0.3, 0.4) is 0 Å². The Bertz CT molecular complexity index is 1840. The Kier molecular flexibility index (Phi) is 58.8. The van der Waals surface area contributed by atoms with E-state index in [1.54, 1.807) is 0 Å². The van der Waals surface area contributed by atoms with Crippen molar-refractivity contribution in [2.24, 2.45) is 17.8 Å². The smallest absolute Gasteiger partial charge is 0.462 e. The molecule has 0 rings (SSSR count). The van der Waals surface area contributed by atoms with E-state index in [0.717, 1.165) is 133 Å². The van der Waals surface area contributed by atoms with E-state index in [1.165, 1.54) is 109 Å². The van der Waals surface area contributed by atoms with Gasteiger partial charge in [0.25, 0.3) is 0 Å². The molecule has 0 aromatic rings. The summed E-state index contributed by atoms with van der Waals surface area (Å²) < 4.78 is 68.2. The first-order valence-corrected chi connectivity index (χ1v) is 38.7. The molecule has 0 aromatic heterocycles. The van der Waals surface area contributed by atoms with Gasteiger partial charge >= 0.3 is 39.5 Å². The molecule has 0 aromatic carbocycles. The van der Waals surface area contributed by atoms with Gasteiger partial charge in [-0.2, -0.15) is 0 Å². The van der Waals surface area contributed by atoms with Crippen LogP contribution < -0.4 is 0 Å². The largest absolute Gasteiger partial charge is 0.472 e. The first-order chi connectivity index (χ1) is 42.8. The summed E-state index contributed by atoms with van der Waals surface area (Å²) in [4.78, 5) is 72.5. The Balaban J connectivity index is 5.30. The summed E-state index contributed by atoms with van der Waals surface area (Å²) in [6.07, 6.45) is 46.7. The molecule has 3 unspecified atom stereocenters. The van der Waals surface area contributed by atoms with Gasteiger partial charge in [-0.05, 0) is 69.1 Å². The molecule has 524 valence electrons. The molecule has 19 heteroatoms. The number of carbonyl (C=O) groups excluding carboxylic acids is 4. The van der Waals surface area contributed by atoms with Crippen molar-refractivity contribution in [1.29, 1.82) is 0 Å². The maximum atomic E-state index is 13.0. The standard InChI is InChI=1S/C70H132O17P2/c1-8-10-11-12-13-14-15-16-17-18-19-23-30-39-46-53-69(74)86-65(57-80-67(72)51-44-37-29-26-25-28-35-42-49-62(5)6)59-84-88(76,77)82-55-64(71)56-83-89(78,79)85-60-66(58-81-68(73)52-45-38-33-32-36-43-50-63(7)9-2)87-70(75)54-47-40-31-24-21-20-22-27-34-41-48-61(3)4/h14-17,61-66,71H,8-13,18-60H2,1-7H3,(H,76,77)(H,78,79)/b15-14-,17-16-/t63?,64-,65-,66-/m1/s1. The summed E-state index contributed by atoms with van der Waals surface area (Å²) >= 11 is 0. The summed E-state index contributed by atoms with van der Waals surface area (Å²) in [5, 5.41) is 10.6. The Hall–Kier alpha value is -2.46. The van der Waals surface area contributed by atoms with Crippen molar-refractivity contribution in [2.75, 3.05) is 39.6 Å². The highest BCUT2D eigenvalue weighted by atomic mass is 31.2. The number of hydrogen-bond donors (Lipinski definition) is 3. The summed E-state index contributed by atoms with van der Waals surface area (Å²) in [6.45, 7) is 11.7. The zero-order valence-electron chi connectivity index (χ0n) is 57.4. The van der Waals surface area contributed by atoms with Gasteiger partial charge < -0.3 is 33.8 Å². The van der Waals surface area contributed by atoms with E-state index in [1.807, 2.05) is 0 Å². The Morgan fingerprint density at radius 2 is 0.663 bits per heavy atom. The number of aliphatic hydroxyl groups is 1. The lowest BCUT2D eigenvalue weighted by Crippen LogP contribution is -2.30. The number of ether oxygens (including phenoxy) is 4. The van der Waals surface area contributed by atoms with Crippen LogP contribution in [-0.2, 0) is 65.4 Å². The molecule has 0 bridgehead atoms. The first-order valence-electron chi connectivity index (χ1n) is 35.7. The molecular formula is C70H132O17P2. The summed E-state index contributed by atoms with van der Waals surface area (Å²) in [6, 6.07) is 0. The minimum atomic E-state index is -4.96. The SMILES string of the molecule is CCCCCC/C=C\C=C/CCCCCCCC(=O)O[C@H](COC(=O)CCCCCCCCCCC(C)C)COP(=O)(O)OC[C@@H](O)COP(=O)(O)OC[C@@H](COC(=O)CCCCCCCCC(C)CC)OC(=O)CCCCCCCCCCCCC(C)C. The van der Waals surface area contributed by atoms with Crippen LogP contribution in [0, 0.1) is 17.8 Å². The van der Waals surface area contributed by atoms with Crippen LogP contribution in [0.4, 0.5) is 0 Å². The number of phosphoric ester groups is 2. The highest BCUT2D eigenvalue weighted by Crippen LogP contribution is 2.45.